The van der Waals surface area contributed by atoms with Gasteiger partial charge in [-0.05, 0) is 36.4 Å². The van der Waals surface area contributed by atoms with Crippen LogP contribution in [0.4, 0.5) is 17.6 Å². The Kier molecular flexibility index (Phi) is 2.86. The Morgan fingerprint density at radius 3 is 2.48 bits per heavy atom. The first kappa shape index (κ1) is 13.4. The number of benzene rings is 2. The maximum Gasteiger partial charge on any atom is 0.416 e. The lowest BCUT2D eigenvalue weighted by atomic mass is 10.2. The molecule has 0 aliphatic carbocycles. The second-order valence-electron chi connectivity index (χ2n) is 4.48. The summed E-state index contributed by atoms with van der Waals surface area (Å²) in [5.74, 6) is -0.583. The molecule has 1 aromatic heterocycles. The lowest BCUT2D eigenvalue weighted by molar-refractivity contribution is -0.137. The molecule has 7 heteroatoms. The minimum absolute atomic E-state index is 0.0421. The number of rotatable bonds is 1. The summed E-state index contributed by atoms with van der Waals surface area (Å²) in [4.78, 5) is 14.4. The van der Waals surface area contributed by atoms with Gasteiger partial charge in [-0.2, -0.15) is 13.2 Å². The first-order valence-electron chi connectivity index (χ1n) is 5.94. The fraction of sp³-hybridized carbons (Fsp3) is 0.0714. The molecule has 0 unspecified atom stereocenters. The van der Waals surface area contributed by atoms with Crippen LogP contribution in [0, 0.1) is 5.82 Å². The predicted molar refractivity (Wildman–Crippen MR) is 68.9 cm³/mol. The van der Waals surface area contributed by atoms with Crippen molar-refractivity contribution in [2.45, 2.75) is 6.18 Å². The second kappa shape index (κ2) is 4.47. The smallest absolute Gasteiger partial charge is 0.305 e. The highest BCUT2D eigenvalue weighted by atomic mass is 19.4. The molecule has 108 valence electrons. The molecule has 3 nitrogen and oxygen atoms in total. The van der Waals surface area contributed by atoms with Crippen LogP contribution in [0.2, 0.25) is 0 Å². The topological polar surface area (TPSA) is 37.8 Å². The molecule has 0 aliphatic heterocycles. The summed E-state index contributed by atoms with van der Waals surface area (Å²) in [6, 6.07) is 8.00. The molecule has 0 amide bonds. The zero-order chi connectivity index (χ0) is 15.2. The van der Waals surface area contributed by atoms with E-state index in [1.54, 1.807) is 0 Å². The molecular weight excluding hydrogens is 288 g/mol. The maximum atomic E-state index is 13.3. The third-order valence-electron chi connectivity index (χ3n) is 3.08. The van der Waals surface area contributed by atoms with E-state index in [2.05, 4.69) is 4.98 Å². The zero-order valence-corrected chi connectivity index (χ0v) is 10.4. The van der Waals surface area contributed by atoms with Crippen LogP contribution in [0.5, 0.6) is 0 Å². The minimum Gasteiger partial charge on any atom is -0.305 e. The molecule has 0 saturated heterocycles. The van der Waals surface area contributed by atoms with Crippen molar-refractivity contribution >= 4 is 11.0 Å². The molecule has 2 aromatic carbocycles. The molecule has 1 heterocycles. The highest BCUT2D eigenvalue weighted by molar-refractivity contribution is 5.78. The lowest BCUT2D eigenvalue weighted by Gasteiger charge is -2.08. The minimum atomic E-state index is -4.52. The van der Waals surface area contributed by atoms with Gasteiger partial charge in [0.15, 0.2) is 0 Å². The average Bonchev–Trinajstić information content (AvgIpc) is 2.72. The van der Waals surface area contributed by atoms with Crippen LogP contribution < -0.4 is 5.69 Å². The molecule has 1 N–H and O–H groups in total. The average molecular weight is 296 g/mol. The van der Waals surface area contributed by atoms with Gasteiger partial charge in [0.05, 0.1) is 22.3 Å². The van der Waals surface area contributed by atoms with Gasteiger partial charge in [-0.15, -0.1) is 0 Å². The van der Waals surface area contributed by atoms with Crippen LogP contribution in [0.25, 0.3) is 16.7 Å². The van der Waals surface area contributed by atoms with Gasteiger partial charge in [-0.1, -0.05) is 6.07 Å². The Bertz CT molecular complexity index is 877. The van der Waals surface area contributed by atoms with Crippen molar-refractivity contribution in [3.63, 3.8) is 0 Å². The van der Waals surface area contributed by atoms with Crippen LogP contribution in [0.1, 0.15) is 5.56 Å². The molecule has 3 rings (SSSR count). The summed E-state index contributed by atoms with van der Waals surface area (Å²) in [5.41, 5.74) is -1.06. The number of hydrogen-bond donors (Lipinski definition) is 1. The monoisotopic (exact) mass is 296 g/mol. The Hall–Kier alpha value is -2.57. The third-order valence-corrected chi connectivity index (χ3v) is 3.08. The van der Waals surface area contributed by atoms with Crippen LogP contribution in [-0.2, 0) is 6.18 Å². The van der Waals surface area contributed by atoms with E-state index in [0.29, 0.717) is 0 Å². The van der Waals surface area contributed by atoms with Crippen molar-refractivity contribution in [3.8, 4) is 5.69 Å². The van der Waals surface area contributed by atoms with Gasteiger partial charge in [-0.3, -0.25) is 4.57 Å². The van der Waals surface area contributed by atoms with E-state index < -0.39 is 23.2 Å². The van der Waals surface area contributed by atoms with Crippen molar-refractivity contribution in [1.82, 2.24) is 9.55 Å². The number of nitrogens with zero attached hydrogens (tertiary/aromatic N) is 1. The number of imidazole rings is 1. The zero-order valence-electron chi connectivity index (χ0n) is 10.4. The van der Waals surface area contributed by atoms with Crippen LogP contribution in [0.3, 0.4) is 0 Å². The van der Waals surface area contributed by atoms with E-state index in [9.17, 15) is 22.4 Å². The van der Waals surface area contributed by atoms with E-state index >= 15 is 0 Å². The number of nitrogens with one attached hydrogen (secondary N) is 1. The number of aromatic nitrogens is 2. The quantitative estimate of drug-likeness (QED) is 0.686. The summed E-state index contributed by atoms with van der Waals surface area (Å²) in [6.45, 7) is 0. The second-order valence-corrected chi connectivity index (χ2v) is 4.48. The molecule has 0 radical (unpaired) electrons. The lowest BCUT2D eigenvalue weighted by Crippen LogP contribution is -2.14. The van der Waals surface area contributed by atoms with Gasteiger partial charge in [0.2, 0.25) is 0 Å². The number of hydrogen-bond acceptors (Lipinski definition) is 1. The van der Waals surface area contributed by atoms with Gasteiger partial charge in [0, 0.05) is 0 Å². The Morgan fingerprint density at radius 1 is 1.05 bits per heavy atom. The van der Waals surface area contributed by atoms with Gasteiger partial charge in [0.25, 0.3) is 0 Å². The van der Waals surface area contributed by atoms with Gasteiger partial charge in [0.1, 0.15) is 5.82 Å². The van der Waals surface area contributed by atoms with E-state index in [1.807, 2.05) is 0 Å². The Labute approximate surface area is 115 Å². The molecule has 3 aromatic rings. The number of aromatic amines is 1. The largest absolute Gasteiger partial charge is 0.416 e. The van der Waals surface area contributed by atoms with Crippen molar-refractivity contribution in [2.75, 3.05) is 0 Å². The maximum absolute atomic E-state index is 13.3. The van der Waals surface area contributed by atoms with Crippen molar-refractivity contribution in [2.24, 2.45) is 0 Å². The SMILES string of the molecule is O=c1[nH]c2ccc(C(F)(F)F)cc2n1-c1cccc(F)c1. The molecular formula is C14H8F4N2O. The van der Waals surface area contributed by atoms with E-state index in [0.717, 1.165) is 22.8 Å². The van der Waals surface area contributed by atoms with E-state index in [-0.39, 0.29) is 16.7 Å². The predicted octanol–water partition coefficient (Wildman–Crippen LogP) is 3.48. The summed E-state index contributed by atoms with van der Waals surface area (Å²) in [6.07, 6.45) is -4.52. The fourth-order valence-electron chi connectivity index (χ4n) is 2.15. The van der Waals surface area contributed by atoms with Crippen molar-refractivity contribution in [3.05, 3.63) is 64.3 Å². The van der Waals surface area contributed by atoms with Gasteiger partial charge >= 0.3 is 11.9 Å². The Morgan fingerprint density at radius 2 is 1.81 bits per heavy atom. The fourth-order valence-corrected chi connectivity index (χ4v) is 2.15. The normalized spacial score (nSPS) is 12.0. The highest BCUT2D eigenvalue weighted by Crippen LogP contribution is 2.31. The number of halogens is 4. The van der Waals surface area contributed by atoms with Crippen LogP contribution in [-0.4, -0.2) is 9.55 Å². The van der Waals surface area contributed by atoms with Gasteiger partial charge < -0.3 is 4.98 Å². The molecule has 0 aliphatic rings. The first-order chi connectivity index (χ1) is 9.86. The molecule has 0 atom stereocenters. The highest BCUT2D eigenvalue weighted by Gasteiger charge is 2.31. The summed E-state index contributed by atoms with van der Waals surface area (Å²) < 4.78 is 52.6. The summed E-state index contributed by atoms with van der Waals surface area (Å²) in [5, 5.41) is 0. The van der Waals surface area contributed by atoms with Crippen LogP contribution in [0.15, 0.2) is 47.3 Å². The summed E-state index contributed by atoms with van der Waals surface area (Å²) >= 11 is 0. The van der Waals surface area contributed by atoms with Crippen LogP contribution >= 0.6 is 0 Å². The third kappa shape index (κ3) is 2.31. The first-order valence-corrected chi connectivity index (χ1v) is 5.94. The van der Waals surface area contributed by atoms with E-state index in [1.165, 1.54) is 24.3 Å². The number of fused-ring (bicyclic) bond motifs is 1. The van der Waals surface area contributed by atoms with E-state index in [4.69, 9.17) is 0 Å². The summed E-state index contributed by atoms with van der Waals surface area (Å²) in [7, 11) is 0. The molecule has 0 bridgehead atoms. The molecule has 21 heavy (non-hydrogen) atoms. The molecule has 0 fully saturated rings. The number of H-pyrrole nitrogens is 1. The molecule has 0 spiro atoms. The standard InChI is InChI=1S/C14H8F4N2O/c15-9-2-1-3-10(7-9)20-12-6-8(14(16,17)18)4-5-11(12)19-13(20)21/h1-7H,(H,19,21). The Balaban J connectivity index is 2.32. The van der Waals surface area contributed by atoms with Crippen molar-refractivity contribution < 1.29 is 17.6 Å². The van der Waals surface area contributed by atoms with Gasteiger partial charge in [-0.25, -0.2) is 9.18 Å². The number of alkyl halides is 3. The molecule has 0 saturated carbocycles. The van der Waals surface area contributed by atoms with Crippen molar-refractivity contribution in [1.29, 1.82) is 0 Å².